The summed E-state index contributed by atoms with van der Waals surface area (Å²) in [5, 5.41) is 3.00. The van der Waals surface area contributed by atoms with Gasteiger partial charge in [-0.2, -0.15) is 0 Å². The van der Waals surface area contributed by atoms with Gasteiger partial charge in [-0.3, -0.25) is 4.79 Å². The maximum Gasteiger partial charge on any atom is 0.251 e. The highest BCUT2D eigenvalue weighted by Crippen LogP contribution is 2.21. The number of benzene rings is 1. The Bertz CT molecular complexity index is 436. The maximum absolute atomic E-state index is 12.1. The third-order valence-electron chi connectivity index (χ3n) is 3.47. The molecule has 0 spiro atoms. The van der Waals surface area contributed by atoms with Gasteiger partial charge >= 0.3 is 0 Å². The van der Waals surface area contributed by atoms with Gasteiger partial charge in [0.2, 0.25) is 0 Å². The lowest BCUT2D eigenvalue weighted by Crippen LogP contribution is -2.33. The first-order chi connectivity index (χ1) is 8.82. The second-order valence-corrected chi connectivity index (χ2v) is 6.45. The van der Waals surface area contributed by atoms with E-state index >= 15 is 0 Å². The minimum atomic E-state index is -0.0644. The molecular weight excluding hydrogens is 304 g/mol. The molecule has 0 aliphatic rings. The van der Waals surface area contributed by atoms with Crippen molar-refractivity contribution >= 4 is 27.5 Å². The van der Waals surface area contributed by atoms with Crippen molar-refractivity contribution in [1.29, 1.82) is 0 Å². The van der Waals surface area contributed by atoms with E-state index in [1.54, 1.807) is 18.2 Å². The molecule has 1 amide bonds. The quantitative estimate of drug-likeness (QED) is 0.811. The lowest BCUT2D eigenvalue weighted by molar-refractivity contribution is 0.0937. The number of halogens is 1. The van der Waals surface area contributed by atoms with Crippen LogP contribution >= 0.6 is 15.9 Å². The van der Waals surface area contributed by atoms with Crippen molar-refractivity contribution in [3.8, 4) is 0 Å². The first-order valence-electron chi connectivity index (χ1n) is 6.66. The van der Waals surface area contributed by atoms with Crippen LogP contribution < -0.4 is 11.1 Å². The largest absolute Gasteiger partial charge is 0.398 e. The van der Waals surface area contributed by atoms with E-state index in [0.29, 0.717) is 35.5 Å². The van der Waals surface area contributed by atoms with Crippen LogP contribution in [0.1, 0.15) is 38.1 Å². The van der Waals surface area contributed by atoms with E-state index in [0.717, 1.165) is 4.47 Å². The summed E-state index contributed by atoms with van der Waals surface area (Å²) < 4.78 is 0.811. The predicted octanol–water partition coefficient (Wildman–Crippen LogP) is 3.69. The number of rotatable bonds is 5. The molecule has 0 aliphatic heterocycles. The molecule has 19 heavy (non-hydrogen) atoms. The summed E-state index contributed by atoms with van der Waals surface area (Å²) in [4.78, 5) is 12.1. The van der Waals surface area contributed by atoms with E-state index in [-0.39, 0.29) is 5.91 Å². The molecule has 4 heteroatoms. The van der Waals surface area contributed by atoms with Crippen LogP contribution in [0.15, 0.2) is 22.7 Å². The summed E-state index contributed by atoms with van der Waals surface area (Å²) in [5.74, 6) is 1.52. The third-order valence-corrected chi connectivity index (χ3v) is 4.19. The normalized spacial score (nSPS) is 11.4. The van der Waals surface area contributed by atoms with Gasteiger partial charge in [-0.1, -0.05) is 27.7 Å². The lowest BCUT2D eigenvalue weighted by Gasteiger charge is -2.25. The van der Waals surface area contributed by atoms with E-state index in [9.17, 15) is 4.79 Å². The Labute approximate surface area is 124 Å². The van der Waals surface area contributed by atoms with Gasteiger partial charge in [0, 0.05) is 22.3 Å². The van der Waals surface area contributed by atoms with Crippen LogP contribution in [0.2, 0.25) is 0 Å². The number of anilines is 1. The van der Waals surface area contributed by atoms with Crippen LogP contribution in [0.4, 0.5) is 5.69 Å². The van der Waals surface area contributed by atoms with Crippen molar-refractivity contribution in [2.24, 2.45) is 17.8 Å². The smallest absolute Gasteiger partial charge is 0.251 e. The number of nitrogens with one attached hydrogen (secondary N) is 1. The number of amides is 1. The average Bonchev–Trinajstić information content (AvgIpc) is 2.31. The number of hydrogen-bond acceptors (Lipinski definition) is 2. The monoisotopic (exact) mass is 326 g/mol. The summed E-state index contributed by atoms with van der Waals surface area (Å²) in [7, 11) is 0. The molecule has 1 rings (SSSR count). The van der Waals surface area contributed by atoms with E-state index in [1.165, 1.54) is 0 Å². The zero-order chi connectivity index (χ0) is 14.6. The van der Waals surface area contributed by atoms with Crippen LogP contribution in [0, 0.1) is 17.8 Å². The molecule has 0 aromatic heterocycles. The average molecular weight is 327 g/mol. The zero-order valence-electron chi connectivity index (χ0n) is 12.0. The topological polar surface area (TPSA) is 55.1 Å². The van der Waals surface area contributed by atoms with Crippen LogP contribution in [-0.4, -0.2) is 12.5 Å². The van der Waals surface area contributed by atoms with Crippen molar-refractivity contribution < 1.29 is 4.79 Å². The Hall–Kier alpha value is -1.03. The number of carbonyl (C=O) groups is 1. The van der Waals surface area contributed by atoms with E-state index in [2.05, 4.69) is 48.9 Å². The zero-order valence-corrected chi connectivity index (χ0v) is 13.6. The fourth-order valence-electron chi connectivity index (χ4n) is 2.24. The van der Waals surface area contributed by atoms with Gasteiger partial charge in [-0.25, -0.2) is 0 Å². The summed E-state index contributed by atoms with van der Waals surface area (Å²) in [6, 6.07) is 5.27. The van der Waals surface area contributed by atoms with Crippen LogP contribution in [0.3, 0.4) is 0 Å². The second-order valence-electron chi connectivity index (χ2n) is 5.60. The highest BCUT2D eigenvalue weighted by molar-refractivity contribution is 9.10. The van der Waals surface area contributed by atoms with Gasteiger partial charge in [0.05, 0.1) is 0 Å². The van der Waals surface area contributed by atoms with Crippen molar-refractivity contribution in [2.75, 3.05) is 12.3 Å². The molecule has 0 radical (unpaired) electrons. The summed E-state index contributed by atoms with van der Waals surface area (Å²) in [6.45, 7) is 9.45. The van der Waals surface area contributed by atoms with Gasteiger partial charge in [0.1, 0.15) is 0 Å². The molecule has 0 saturated carbocycles. The SMILES string of the molecule is CC(C)C(CNC(=O)c1ccc(Br)c(N)c1)C(C)C. The van der Waals surface area contributed by atoms with Gasteiger partial charge < -0.3 is 11.1 Å². The minimum absolute atomic E-state index is 0.0644. The Morgan fingerprint density at radius 1 is 1.26 bits per heavy atom. The molecule has 3 nitrogen and oxygen atoms in total. The van der Waals surface area contributed by atoms with Crippen LogP contribution in [-0.2, 0) is 0 Å². The molecule has 1 aromatic rings. The van der Waals surface area contributed by atoms with Crippen molar-refractivity contribution in [3.63, 3.8) is 0 Å². The molecule has 0 bridgehead atoms. The third kappa shape index (κ3) is 4.53. The molecule has 3 N–H and O–H groups in total. The predicted molar refractivity (Wildman–Crippen MR) is 84.1 cm³/mol. The molecule has 0 fully saturated rings. The Morgan fingerprint density at radius 3 is 2.32 bits per heavy atom. The standard InChI is InChI=1S/C15H23BrN2O/c1-9(2)12(10(3)4)8-18-15(19)11-5-6-13(16)14(17)7-11/h5-7,9-10,12H,8,17H2,1-4H3,(H,18,19). The molecule has 0 heterocycles. The minimum Gasteiger partial charge on any atom is -0.398 e. The Balaban J connectivity index is 2.66. The van der Waals surface area contributed by atoms with Gasteiger partial charge in [0.15, 0.2) is 0 Å². The Morgan fingerprint density at radius 2 is 1.84 bits per heavy atom. The van der Waals surface area contributed by atoms with E-state index < -0.39 is 0 Å². The van der Waals surface area contributed by atoms with E-state index in [1.807, 2.05) is 0 Å². The fraction of sp³-hybridized carbons (Fsp3) is 0.533. The van der Waals surface area contributed by atoms with E-state index in [4.69, 9.17) is 5.73 Å². The summed E-state index contributed by atoms with van der Waals surface area (Å²) >= 11 is 3.32. The van der Waals surface area contributed by atoms with Crippen LogP contribution in [0.25, 0.3) is 0 Å². The number of carbonyl (C=O) groups excluding carboxylic acids is 1. The van der Waals surface area contributed by atoms with Gasteiger partial charge in [-0.15, -0.1) is 0 Å². The van der Waals surface area contributed by atoms with Crippen molar-refractivity contribution in [3.05, 3.63) is 28.2 Å². The molecule has 106 valence electrons. The molecule has 0 unspecified atom stereocenters. The highest BCUT2D eigenvalue weighted by atomic mass is 79.9. The summed E-state index contributed by atoms with van der Waals surface area (Å²) in [6.07, 6.45) is 0. The maximum atomic E-state index is 12.1. The van der Waals surface area contributed by atoms with Crippen LogP contribution in [0.5, 0.6) is 0 Å². The first kappa shape index (κ1) is 16.0. The van der Waals surface area contributed by atoms with Crippen molar-refractivity contribution in [1.82, 2.24) is 5.32 Å². The van der Waals surface area contributed by atoms with Gasteiger partial charge in [-0.05, 0) is 51.9 Å². The van der Waals surface area contributed by atoms with Crippen molar-refractivity contribution in [2.45, 2.75) is 27.7 Å². The number of hydrogen-bond donors (Lipinski definition) is 2. The highest BCUT2D eigenvalue weighted by Gasteiger charge is 2.18. The Kier molecular flexibility index (Phi) is 5.85. The molecule has 1 aromatic carbocycles. The molecule has 0 aliphatic carbocycles. The molecular formula is C15H23BrN2O. The number of nitrogens with two attached hydrogens (primary N) is 1. The second kappa shape index (κ2) is 6.94. The summed E-state index contributed by atoms with van der Waals surface area (Å²) in [5.41, 5.74) is 6.97. The fourth-order valence-corrected chi connectivity index (χ4v) is 2.49. The van der Waals surface area contributed by atoms with Gasteiger partial charge in [0.25, 0.3) is 5.91 Å². The first-order valence-corrected chi connectivity index (χ1v) is 7.45. The number of nitrogen functional groups attached to an aromatic ring is 1. The molecule has 0 atom stereocenters. The molecule has 0 saturated heterocycles. The lowest BCUT2D eigenvalue weighted by atomic mass is 9.85.